The lowest BCUT2D eigenvalue weighted by Gasteiger charge is -2.08. The average molecular weight is 334 g/mol. The monoisotopic (exact) mass is 333 g/mol. The van der Waals surface area contributed by atoms with Crippen LogP contribution in [0.4, 0.5) is 0 Å². The van der Waals surface area contributed by atoms with Crippen molar-refractivity contribution >= 4 is 33.2 Å². The third-order valence-electron chi connectivity index (χ3n) is 2.79. The summed E-state index contributed by atoms with van der Waals surface area (Å²) in [4.78, 5) is 4.02. The standard InChI is InChI=1S/C12H13Cl2N3O2S/c1-2-11-16-12(20(15,18)19)7-17(11)6-8-5-9(13)3-4-10(8)14/h3-5,7H,2,6H2,1H3,(H2,15,18,19). The number of aromatic nitrogens is 2. The summed E-state index contributed by atoms with van der Waals surface area (Å²) in [7, 11) is -3.82. The van der Waals surface area contributed by atoms with Gasteiger partial charge in [0.15, 0.2) is 5.03 Å². The maximum absolute atomic E-state index is 11.3. The molecule has 0 bridgehead atoms. The Morgan fingerprint density at radius 3 is 2.65 bits per heavy atom. The SMILES string of the molecule is CCc1nc(S(N)(=O)=O)cn1Cc1cc(Cl)ccc1Cl. The van der Waals surface area contributed by atoms with Gasteiger partial charge in [0.1, 0.15) is 5.82 Å². The van der Waals surface area contributed by atoms with Gasteiger partial charge in [-0.3, -0.25) is 0 Å². The zero-order valence-electron chi connectivity index (χ0n) is 10.7. The predicted molar refractivity (Wildman–Crippen MR) is 78.5 cm³/mol. The van der Waals surface area contributed by atoms with Crippen LogP contribution in [0.5, 0.6) is 0 Å². The molecule has 0 aliphatic heterocycles. The van der Waals surface area contributed by atoms with Gasteiger partial charge in [0.25, 0.3) is 10.0 Å². The van der Waals surface area contributed by atoms with Crippen molar-refractivity contribution < 1.29 is 8.42 Å². The molecule has 0 aliphatic rings. The van der Waals surface area contributed by atoms with Crippen molar-refractivity contribution in [3.8, 4) is 0 Å². The van der Waals surface area contributed by atoms with E-state index in [0.717, 1.165) is 5.56 Å². The smallest absolute Gasteiger partial charge is 0.257 e. The Bertz CT molecular complexity index is 741. The van der Waals surface area contributed by atoms with Crippen LogP contribution in [0.1, 0.15) is 18.3 Å². The Morgan fingerprint density at radius 1 is 1.35 bits per heavy atom. The molecule has 0 fully saturated rings. The summed E-state index contributed by atoms with van der Waals surface area (Å²) in [5, 5.41) is 6.07. The Balaban J connectivity index is 2.43. The molecule has 0 saturated heterocycles. The van der Waals surface area contributed by atoms with E-state index in [1.807, 2.05) is 6.92 Å². The second-order valence-corrected chi connectivity index (χ2v) is 6.61. The fraction of sp³-hybridized carbons (Fsp3) is 0.250. The third-order valence-corrected chi connectivity index (χ3v) is 4.18. The lowest BCUT2D eigenvalue weighted by molar-refractivity contribution is 0.594. The van der Waals surface area contributed by atoms with E-state index in [4.69, 9.17) is 28.3 Å². The van der Waals surface area contributed by atoms with E-state index < -0.39 is 10.0 Å². The predicted octanol–water partition coefficient (Wildman–Crippen LogP) is 2.45. The Kier molecular flexibility index (Phi) is 4.39. The number of nitrogens with two attached hydrogens (primary N) is 1. The van der Waals surface area contributed by atoms with Crippen molar-refractivity contribution in [2.75, 3.05) is 0 Å². The van der Waals surface area contributed by atoms with Crippen LogP contribution in [0.3, 0.4) is 0 Å². The van der Waals surface area contributed by atoms with Gasteiger partial charge in [-0.25, -0.2) is 18.5 Å². The van der Waals surface area contributed by atoms with Crippen molar-refractivity contribution in [3.63, 3.8) is 0 Å². The van der Waals surface area contributed by atoms with E-state index in [2.05, 4.69) is 4.98 Å². The van der Waals surface area contributed by atoms with Crippen molar-refractivity contribution in [3.05, 3.63) is 45.8 Å². The summed E-state index contributed by atoms with van der Waals surface area (Å²) in [5.74, 6) is 0.616. The number of primary sulfonamides is 1. The van der Waals surface area contributed by atoms with E-state index in [0.29, 0.717) is 28.8 Å². The molecule has 5 nitrogen and oxygen atoms in total. The average Bonchev–Trinajstić information content (AvgIpc) is 2.77. The number of aryl methyl sites for hydroxylation is 1. The molecule has 0 unspecified atom stereocenters. The largest absolute Gasteiger partial charge is 0.329 e. The van der Waals surface area contributed by atoms with E-state index in [1.165, 1.54) is 6.20 Å². The Hall–Kier alpha value is -1.08. The quantitative estimate of drug-likeness (QED) is 0.933. The van der Waals surface area contributed by atoms with Crippen LogP contribution >= 0.6 is 23.2 Å². The minimum Gasteiger partial charge on any atom is -0.329 e. The highest BCUT2D eigenvalue weighted by Gasteiger charge is 2.16. The summed E-state index contributed by atoms with van der Waals surface area (Å²) in [6, 6.07) is 5.13. The first-order valence-corrected chi connectivity index (χ1v) is 8.14. The third kappa shape index (κ3) is 3.32. The van der Waals surface area contributed by atoms with Crippen molar-refractivity contribution in [2.24, 2.45) is 5.14 Å². The second-order valence-electron chi connectivity index (χ2n) is 4.26. The molecule has 1 aromatic carbocycles. The topological polar surface area (TPSA) is 78.0 Å². The molecule has 2 N–H and O–H groups in total. The lowest BCUT2D eigenvalue weighted by Crippen LogP contribution is -2.12. The molecule has 1 aromatic heterocycles. The van der Waals surface area contributed by atoms with Crippen LogP contribution in [0, 0.1) is 0 Å². The highest BCUT2D eigenvalue weighted by atomic mass is 35.5. The van der Waals surface area contributed by atoms with Gasteiger partial charge in [0.05, 0.1) is 6.54 Å². The first-order valence-electron chi connectivity index (χ1n) is 5.84. The molecule has 20 heavy (non-hydrogen) atoms. The van der Waals surface area contributed by atoms with E-state index in [-0.39, 0.29) is 5.03 Å². The van der Waals surface area contributed by atoms with Crippen LogP contribution in [0.25, 0.3) is 0 Å². The molecule has 0 atom stereocenters. The number of benzene rings is 1. The molecule has 0 amide bonds. The number of imidazole rings is 1. The minimum atomic E-state index is -3.82. The normalized spacial score (nSPS) is 11.8. The van der Waals surface area contributed by atoms with Gasteiger partial charge in [-0.15, -0.1) is 0 Å². The van der Waals surface area contributed by atoms with Crippen LogP contribution in [-0.2, 0) is 23.0 Å². The van der Waals surface area contributed by atoms with Crippen molar-refractivity contribution in [1.29, 1.82) is 0 Å². The molecule has 2 aromatic rings. The summed E-state index contributed by atoms with van der Waals surface area (Å²) in [5.41, 5.74) is 0.784. The van der Waals surface area contributed by atoms with Gasteiger partial charge in [-0.1, -0.05) is 30.1 Å². The minimum absolute atomic E-state index is 0.146. The number of hydrogen-bond acceptors (Lipinski definition) is 3. The number of hydrogen-bond donors (Lipinski definition) is 1. The van der Waals surface area contributed by atoms with Gasteiger partial charge in [0.2, 0.25) is 0 Å². The fourth-order valence-electron chi connectivity index (χ4n) is 1.83. The van der Waals surface area contributed by atoms with Crippen LogP contribution in [0.2, 0.25) is 10.0 Å². The molecular formula is C12H13Cl2N3O2S. The van der Waals surface area contributed by atoms with Gasteiger partial charge in [-0.05, 0) is 23.8 Å². The number of rotatable bonds is 4. The summed E-state index contributed by atoms with van der Waals surface area (Å²) in [6.45, 7) is 2.26. The highest BCUT2D eigenvalue weighted by Crippen LogP contribution is 2.22. The Morgan fingerprint density at radius 2 is 2.05 bits per heavy atom. The van der Waals surface area contributed by atoms with E-state index >= 15 is 0 Å². The van der Waals surface area contributed by atoms with Crippen LogP contribution in [-0.4, -0.2) is 18.0 Å². The summed E-state index contributed by atoms with van der Waals surface area (Å²) < 4.78 is 24.4. The maximum Gasteiger partial charge on any atom is 0.257 e. The summed E-state index contributed by atoms with van der Waals surface area (Å²) in [6.07, 6.45) is 1.99. The highest BCUT2D eigenvalue weighted by molar-refractivity contribution is 7.89. The van der Waals surface area contributed by atoms with Gasteiger partial charge in [0, 0.05) is 22.7 Å². The first-order chi connectivity index (χ1) is 9.31. The zero-order valence-corrected chi connectivity index (χ0v) is 13.0. The first kappa shape index (κ1) is 15.3. The molecule has 2 rings (SSSR count). The fourth-order valence-corrected chi connectivity index (χ4v) is 2.71. The lowest BCUT2D eigenvalue weighted by atomic mass is 10.2. The molecule has 8 heteroatoms. The molecule has 0 radical (unpaired) electrons. The molecule has 0 aliphatic carbocycles. The molecule has 0 spiro atoms. The number of halogens is 2. The molecule has 108 valence electrons. The second kappa shape index (κ2) is 5.73. The van der Waals surface area contributed by atoms with Gasteiger partial charge >= 0.3 is 0 Å². The maximum atomic E-state index is 11.3. The van der Waals surface area contributed by atoms with Gasteiger partial charge in [-0.2, -0.15) is 0 Å². The Labute approximate surface area is 127 Å². The zero-order chi connectivity index (χ0) is 14.9. The number of sulfonamides is 1. The van der Waals surface area contributed by atoms with Gasteiger partial charge < -0.3 is 4.57 Å². The molecular weight excluding hydrogens is 321 g/mol. The van der Waals surface area contributed by atoms with E-state index in [1.54, 1.807) is 22.8 Å². The van der Waals surface area contributed by atoms with Crippen LogP contribution in [0.15, 0.2) is 29.4 Å². The van der Waals surface area contributed by atoms with Crippen LogP contribution < -0.4 is 5.14 Å². The summed E-state index contributed by atoms with van der Waals surface area (Å²) >= 11 is 12.0. The van der Waals surface area contributed by atoms with Crippen molar-refractivity contribution in [1.82, 2.24) is 9.55 Å². The molecule has 1 heterocycles. The van der Waals surface area contributed by atoms with Crippen molar-refractivity contribution in [2.45, 2.75) is 24.9 Å². The molecule has 0 saturated carbocycles. The van der Waals surface area contributed by atoms with E-state index in [9.17, 15) is 8.42 Å². The number of nitrogens with zero attached hydrogens (tertiary/aromatic N) is 2.